The van der Waals surface area contributed by atoms with E-state index in [-0.39, 0.29) is 24.0 Å². The van der Waals surface area contributed by atoms with Crippen LogP contribution in [0.4, 0.5) is 8.78 Å². The van der Waals surface area contributed by atoms with Crippen LogP contribution in [-0.2, 0) is 12.8 Å². The second kappa shape index (κ2) is 12.4. The van der Waals surface area contributed by atoms with Gasteiger partial charge < -0.3 is 20.5 Å². The van der Waals surface area contributed by atoms with Crippen molar-refractivity contribution < 1.29 is 18.3 Å². The number of guanidine groups is 1. The molecular formula is C20H26F2IN3O2. The van der Waals surface area contributed by atoms with Crippen LogP contribution in [0, 0.1) is 11.6 Å². The van der Waals surface area contributed by atoms with Crippen LogP contribution in [0.5, 0.6) is 11.5 Å². The first-order chi connectivity index (χ1) is 13.0. The third-order valence-electron chi connectivity index (χ3n) is 4.00. The first kappa shape index (κ1) is 23.9. The molecule has 154 valence electrons. The standard InChI is InChI=1S/C20H25F2N3O2.HI/c1-26-18-6-5-14(12-19(18)27-2)7-9-25-20(23)24-8-3-4-15-10-16(21)13-17(22)11-15;/h5-6,10-13H,3-4,7-9H2,1-2H3,(H3,23,24,25);1H. The number of nitrogens with zero attached hydrogens (tertiary/aromatic N) is 1. The van der Waals surface area contributed by atoms with Gasteiger partial charge in [-0.15, -0.1) is 24.0 Å². The lowest BCUT2D eigenvalue weighted by atomic mass is 10.1. The molecule has 2 aromatic carbocycles. The van der Waals surface area contributed by atoms with Gasteiger partial charge in [0.05, 0.1) is 14.2 Å². The summed E-state index contributed by atoms with van der Waals surface area (Å²) < 4.78 is 36.7. The number of hydrogen-bond donors (Lipinski definition) is 2. The third-order valence-corrected chi connectivity index (χ3v) is 4.00. The number of methoxy groups -OCH3 is 2. The van der Waals surface area contributed by atoms with Crippen LogP contribution in [0.25, 0.3) is 0 Å². The van der Waals surface area contributed by atoms with E-state index in [1.54, 1.807) is 14.2 Å². The van der Waals surface area contributed by atoms with Crippen molar-refractivity contribution in [1.82, 2.24) is 5.32 Å². The molecule has 0 aliphatic heterocycles. The Morgan fingerprint density at radius 2 is 1.64 bits per heavy atom. The molecule has 0 aliphatic carbocycles. The number of rotatable bonds is 9. The molecule has 0 radical (unpaired) electrons. The predicted octanol–water partition coefficient (Wildman–Crippen LogP) is 3.68. The average Bonchev–Trinajstić information content (AvgIpc) is 2.64. The molecule has 5 nitrogen and oxygen atoms in total. The van der Waals surface area contributed by atoms with E-state index in [0.717, 1.165) is 18.1 Å². The lowest BCUT2D eigenvalue weighted by Crippen LogP contribution is -2.33. The summed E-state index contributed by atoms with van der Waals surface area (Å²) in [6, 6.07) is 9.28. The molecule has 0 saturated heterocycles. The highest BCUT2D eigenvalue weighted by molar-refractivity contribution is 14.0. The summed E-state index contributed by atoms with van der Waals surface area (Å²) in [5.41, 5.74) is 7.54. The van der Waals surface area contributed by atoms with Gasteiger partial charge in [0.25, 0.3) is 0 Å². The summed E-state index contributed by atoms with van der Waals surface area (Å²) in [5, 5.41) is 3.05. The van der Waals surface area contributed by atoms with Crippen molar-refractivity contribution in [3.05, 3.63) is 59.2 Å². The second-order valence-electron chi connectivity index (χ2n) is 6.01. The van der Waals surface area contributed by atoms with Crippen molar-refractivity contribution in [1.29, 1.82) is 0 Å². The molecule has 0 heterocycles. The number of ether oxygens (including phenoxy) is 2. The molecule has 0 bridgehead atoms. The van der Waals surface area contributed by atoms with Crippen molar-refractivity contribution in [2.24, 2.45) is 10.7 Å². The Balaban J connectivity index is 0.00000392. The van der Waals surface area contributed by atoms with Gasteiger partial charge in [0, 0.05) is 19.2 Å². The van der Waals surface area contributed by atoms with Crippen LogP contribution < -0.4 is 20.5 Å². The molecule has 3 N–H and O–H groups in total. The Morgan fingerprint density at radius 1 is 0.964 bits per heavy atom. The summed E-state index contributed by atoms with van der Waals surface area (Å²) in [6.07, 6.45) is 1.94. The quantitative estimate of drug-likeness (QED) is 0.236. The Kier molecular flexibility index (Phi) is 10.6. The van der Waals surface area contributed by atoms with Crippen LogP contribution in [0.15, 0.2) is 41.4 Å². The Morgan fingerprint density at radius 3 is 2.29 bits per heavy atom. The first-order valence-corrected chi connectivity index (χ1v) is 8.71. The van der Waals surface area contributed by atoms with Gasteiger partial charge >= 0.3 is 0 Å². The fraction of sp³-hybridized carbons (Fsp3) is 0.350. The summed E-state index contributed by atoms with van der Waals surface area (Å²) in [5.74, 6) is 0.592. The lowest BCUT2D eigenvalue weighted by Gasteiger charge is -2.10. The number of benzene rings is 2. The van der Waals surface area contributed by atoms with E-state index in [2.05, 4.69) is 10.3 Å². The highest BCUT2D eigenvalue weighted by Gasteiger charge is 2.04. The van der Waals surface area contributed by atoms with Gasteiger partial charge in [0.2, 0.25) is 0 Å². The highest BCUT2D eigenvalue weighted by Crippen LogP contribution is 2.27. The van der Waals surface area contributed by atoms with Crippen LogP contribution in [0.1, 0.15) is 17.5 Å². The monoisotopic (exact) mass is 505 g/mol. The minimum atomic E-state index is -0.565. The molecule has 0 unspecified atom stereocenters. The largest absolute Gasteiger partial charge is 0.493 e. The molecule has 0 fully saturated rings. The van der Waals surface area contributed by atoms with Gasteiger partial charge in [0.1, 0.15) is 11.6 Å². The molecule has 0 amide bonds. The first-order valence-electron chi connectivity index (χ1n) is 8.71. The van der Waals surface area contributed by atoms with E-state index >= 15 is 0 Å². The molecule has 0 aromatic heterocycles. The summed E-state index contributed by atoms with van der Waals surface area (Å²) >= 11 is 0. The predicted molar refractivity (Wildman–Crippen MR) is 118 cm³/mol. The van der Waals surface area contributed by atoms with Gasteiger partial charge in [0.15, 0.2) is 17.5 Å². The van der Waals surface area contributed by atoms with Crippen LogP contribution in [0.3, 0.4) is 0 Å². The zero-order valence-corrected chi connectivity index (χ0v) is 18.3. The average molecular weight is 505 g/mol. The zero-order chi connectivity index (χ0) is 19.6. The minimum absolute atomic E-state index is 0. The van der Waals surface area contributed by atoms with E-state index in [4.69, 9.17) is 15.2 Å². The number of halogens is 3. The Bertz CT molecular complexity index is 768. The Labute approximate surface area is 181 Å². The molecule has 0 spiro atoms. The van der Waals surface area contributed by atoms with Crippen molar-refractivity contribution in [2.45, 2.75) is 19.3 Å². The summed E-state index contributed by atoms with van der Waals surface area (Å²) in [4.78, 5) is 4.23. The van der Waals surface area contributed by atoms with E-state index < -0.39 is 11.6 Å². The Hall–Kier alpha value is -2.10. The molecular weight excluding hydrogens is 479 g/mol. The number of aliphatic imine (C=N–C) groups is 1. The normalized spacial score (nSPS) is 10.9. The molecule has 0 aliphatic rings. The highest BCUT2D eigenvalue weighted by atomic mass is 127. The third kappa shape index (κ3) is 7.87. The fourth-order valence-electron chi connectivity index (χ4n) is 2.66. The van der Waals surface area contributed by atoms with Gasteiger partial charge in [-0.1, -0.05) is 6.07 Å². The maximum absolute atomic E-state index is 13.1. The van der Waals surface area contributed by atoms with Crippen LogP contribution in [-0.4, -0.2) is 33.3 Å². The molecule has 0 saturated carbocycles. The maximum atomic E-state index is 13.1. The summed E-state index contributed by atoms with van der Waals surface area (Å²) in [7, 11) is 3.20. The van der Waals surface area contributed by atoms with Crippen LogP contribution in [0.2, 0.25) is 0 Å². The smallest absolute Gasteiger partial charge is 0.188 e. The SMILES string of the molecule is COc1ccc(CCNC(N)=NCCCc2cc(F)cc(F)c2)cc1OC.I. The van der Waals surface area contributed by atoms with E-state index in [1.165, 1.54) is 12.1 Å². The minimum Gasteiger partial charge on any atom is -0.493 e. The molecule has 0 atom stereocenters. The van der Waals surface area contributed by atoms with Gasteiger partial charge in [-0.25, -0.2) is 8.78 Å². The molecule has 2 rings (SSSR count). The zero-order valence-electron chi connectivity index (χ0n) is 16.0. The van der Waals surface area contributed by atoms with Crippen molar-refractivity contribution in [3.63, 3.8) is 0 Å². The van der Waals surface area contributed by atoms with E-state index in [0.29, 0.717) is 49.0 Å². The number of nitrogens with one attached hydrogen (secondary N) is 1. The van der Waals surface area contributed by atoms with Crippen LogP contribution >= 0.6 is 24.0 Å². The van der Waals surface area contributed by atoms with E-state index in [1.807, 2.05) is 18.2 Å². The summed E-state index contributed by atoms with van der Waals surface area (Å²) in [6.45, 7) is 1.10. The molecule has 2 aromatic rings. The van der Waals surface area contributed by atoms with E-state index in [9.17, 15) is 8.78 Å². The topological polar surface area (TPSA) is 68.9 Å². The van der Waals surface area contributed by atoms with Gasteiger partial charge in [-0.05, 0) is 54.7 Å². The van der Waals surface area contributed by atoms with Gasteiger partial charge in [-0.3, -0.25) is 4.99 Å². The number of hydrogen-bond acceptors (Lipinski definition) is 3. The maximum Gasteiger partial charge on any atom is 0.188 e. The fourth-order valence-corrected chi connectivity index (χ4v) is 2.66. The van der Waals surface area contributed by atoms with Crippen molar-refractivity contribution in [2.75, 3.05) is 27.3 Å². The number of nitrogens with two attached hydrogens (primary N) is 1. The lowest BCUT2D eigenvalue weighted by molar-refractivity contribution is 0.354. The molecule has 8 heteroatoms. The van der Waals surface area contributed by atoms with Crippen molar-refractivity contribution >= 4 is 29.9 Å². The molecule has 28 heavy (non-hydrogen) atoms. The second-order valence-corrected chi connectivity index (χ2v) is 6.01. The number of aryl methyl sites for hydroxylation is 1. The van der Waals surface area contributed by atoms with Crippen molar-refractivity contribution in [3.8, 4) is 11.5 Å². The van der Waals surface area contributed by atoms with Gasteiger partial charge in [-0.2, -0.15) is 0 Å².